The molecular formula is C17H18F2N2O. The molecule has 2 aromatic rings. The zero-order valence-corrected chi connectivity index (χ0v) is 12.4. The average molecular weight is 304 g/mol. The zero-order valence-electron chi connectivity index (χ0n) is 12.4. The second-order valence-corrected chi connectivity index (χ2v) is 5.50. The molecule has 5 heteroatoms. The molecule has 0 aliphatic carbocycles. The summed E-state index contributed by atoms with van der Waals surface area (Å²) in [4.78, 5) is 6.19. The highest BCUT2D eigenvalue weighted by atomic mass is 19.3. The number of benzene rings is 1. The van der Waals surface area contributed by atoms with E-state index in [1.54, 1.807) is 6.20 Å². The van der Waals surface area contributed by atoms with Crippen LogP contribution in [0.2, 0.25) is 0 Å². The molecule has 0 amide bonds. The Morgan fingerprint density at radius 2 is 1.86 bits per heavy atom. The van der Waals surface area contributed by atoms with Crippen LogP contribution in [0.25, 0.3) is 11.1 Å². The van der Waals surface area contributed by atoms with Crippen molar-refractivity contribution in [3.8, 4) is 11.1 Å². The highest BCUT2D eigenvalue weighted by Gasteiger charge is 2.25. The predicted octanol–water partition coefficient (Wildman–Crippen LogP) is 3.70. The van der Waals surface area contributed by atoms with Crippen molar-refractivity contribution in [1.82, 2.24) is 4.98 Å². The molecule has 1 saturated heterocycles. The van der Waals surface area contributed by atoms with Crippen LogP contribution < -0.4 is 4.90 Å². The summed E-state index contributed by atoms with van der Waals surface area (Å²) >= 11 is 0. The molecule has 0 unspecified atom stereocenters. The third kappa shape index (κ3) is 3.25. The van der Waals surface area contributed by atoms with Gasteiger partial charge in [0, 0.05) is 49.2 Å². The van der Waals surface area contributed by atoms with Gasteiger partial charge in [-0.1, -0.05) is 12.1 Å². The van der Waals surface area contributed by atoms with Gasteiger partial charge in [0.2, 0.25) is 0 Å². The van der Waals surface area contributed by atoms with Gasteiger partial charge in [-0.3, -0.25) is 4.98 Å². The van der Waals surface area contributed by atoms with E-state index in [1.807, 2.05) is 24.3 Å². The monoisotopic (exact) mass is 304 g/mol. The molecule has 1 fully saturated rings. The first-order valence-electron chi connectivity index (χ1n) is 7.30. The molecule has 0 spiro atoms. The van der Waals surface area contributed by atoms with Crippen molar-refractivity contribution in [2.45, 2.75) is 12.8 Å². The van der Waals surface area contributed by atoms with Crippen LogP contribution in [0.1, 0.15) is 12.5 Å². The fraction of sp³-hybridized carbons (Fsp3) is 0.353. The number of anilines is 1. The Bertz CT molecular complexity index is 649. The number of ether oxygens (including phenoxy) is 1. The van der Waals surface area contributed by atoms with Gasteiger partial charge in [0.25, 0.3) is 5.92 Å². The van der Waals surface area contributed by atoms with E-state index in [-0.39, 0.29) is 5.56 Å². The number of hydrogen-bond acceptors (Lipinski definition) is 3. The topological polar surface area (TPSA) is 25.4 Å². The number of aromatic nitrogens is 1. The minimum Gasteiger partial charge on any atom is -0.378 e. The Labute approximate surface area is 128 Å². The Morgan fingerprint density at radius 1 is 1.09 bits per heavy atom. The Hall–Kier alpha value is -2.01. The summed E-state index contributed by atoms with van der Waals surface area (Å²) in [5.41, 5.74) is 2.60. The summed E-state index contributed by atoms with van der Waals surface area (Å²) < 4.78 is 32.3. The van der Waals surface area contributed by atoms with Crippen molar-refractivity contribution < 1.29 is 13.5 Å². The maximum atomic E-state index is 13.5. The number of morpholine rings is 1. The quantitative estimate of drug-likeness (QED) is 0.864. The SMILES string of the molecule is CC(F)(F)c1cncc(-c2cccc(N3CCOCC3)c2)c1. The van der Waals surface area contributed by atoms with Crippen LogP contribution in [-0.2, 0) is 10.7 Å². The van der Waals surface area contributed by atoms with E-state index in [9.17, 15) is 8.78 Å². The lowest BCUT2D eigenvalue weighted by atomic mass is 10.0. The zero-order chi connectivity index (χ0) is 15.6. The fourth-order valence-electron chi connectivity index (χ4n) is 2.54. The Kier molecular flexibility index (Phi) is 4.07. The fourth-order valence-corrected chi connectivity index (χ4v) is 2.54. The number of hydrogen-bond donors (Lipinski definition) is 0. The van der Waals surface area contributed by atoms with E-state index in [4.69, 9.17) is 4.74 Å². The molecule has 1 aromatic heterocycles. The molecule has 0 saturated carbocycles. The second-order valence-electron chi connectivity index (χ2n) is 5.50. The third-order valence-corrected chi connectivity index (χ3v) is 3.80. The number of halogens is 2. The maximum absolute atomic E-state index is 13.5. The van der Waals surface area contributed by atoms with Crippen LogP contribution in [0, 0.1) is 0 Å². The lowest BCUT2D eigenvalue weighted by Crippen LogP contribution is -2.36. The van der Waals surface area contributed by atoms with Crippen molar-refractivity contribution >= 4 is 5.69 Å². The van der Waals surface area contributed by atoms with Gasteiger partial charge in [-0.25, -0.2) is 8.78 Å². The van der Waals surface area contributed by atoms with Gasteiger partial charge in [-0.15, -0.1) is 0 Å². The van der Waals surface area contributed by atoms with E-state index in [0.717, 1.165) is 31.3 Å². The number of rotatable bonds is 3. The van der Waals surface area contributed by atoms with Gasteiger partial charge in [0.1, 0.15) is 0 Å². The molecule has 1 aliphatic rings. The van der Waals surface area contributed by atoms with Gasteiger partial charge in [-0.2, -0.15) is 0 Å². The van der Waals surface area contributed by atoms with Gasteiger partial charge in [-0.05, 0) is 23.8 Å². The molecule has 3 rings (SSSR count). The number of pyridine rings is 1. The summed E-state index contributed by atoms with van der Waals surface area (Å²) in [7, 11) is 0. The second kappa shape index (κ2) is 6.01. The van der Waals surface area contributed by atoms with Gasteiger partial charge < -0.3 is 9.64 Å². The van der Waals surface area contributed by atoms with E-state index in [0.29, 0.717) is 18.8 Å². The molecule has 0 atom stereocenters. The minimum absolute atomic E-state index is 0.0678. The van der Waals surface area contributed by atoms with Crippen LogP contribution in [0.3, 0.4) is 0 Å². The normalized spacial score (nSPS) is 15.9. The first kappa shape index (κ1) is 14.9. The Morgan fingerprint density at radius 3 is 2.59 bits per heavy atom. The van der Waals surface area contributed by atoms with Crippen molar-refractivity contribution in [3.63, 3.8) is 0 Å². The van der Waals surface area contributed by atoms with Crippen LogP contribution in [0.5, 0.6) is 0 Å². The first-order valence-corrected chi connectivity index (χ1v) is 7.30. The standard InChI is InChI=1S/C17H18F2N2O/c1-17(18,19)15-9-14(11-20-12-15)13-3-2-4-16(10-13)21-5-7-22-8-6-21/h2-4,9-12H,5-8H2,1H3. The Balaban J connectivity index is 1.92. The predicted molar refractivity (Wildman–Crippen MR) is 82.3 cm³/mol. The van der Waals surface area contributed by atoms with Crippen molar-refractivity contribution in [1.29, 1.82) is 0 Å². The van der Waals surface area contributed by atoms with Crippen LogP contribution in [0.15, 0.2) is 42.7 Å². The molecule has 3 nitrogen and oxygen atoms in total. The average Bonchev–Trinajstić information content (AvgIpc) is 2.55. The van der Waals surface area contributed by atoms with Crippen molar-refractivity contribution in [2.24, 2.45) is 0 Å². The van der Waals surface area contributed by atoms with Crippen LogP contribution in [0.4, 0.5) is 14.5 Å². The van der Waals surface area contributed by atoms with E-state index >= 15 is 0 Å². The largest absolute Gasteiger partial charge is 0.378 e. The maximum Gasteiger partial charge on any atom is 0.272 e. The highest BCUT2D eigenvalue weighted by molar-refractivity contribution is 5.68. The third-order valence-electron chi connectivity index (χ3n) is 3.80. The summed E-state index contributed by atoms with van der Waals surface area (Å²) in [6, 6.07) is 9.40. The minimum atomic E-state index is -2.88. The van der Waals surface area contributed by atoms with Gasteiger partial charge in [0.15, 0.2) is 0 Å². The number of alkyl halides is 2. The van der Waals surface area contributed by atoms with Crippen molar-refractivity contribution in [2.75, 3.05) is 31.2 Å². The lowest BCUT2D eigenvalue weighted by molar-refractivity contribution is 0.0171. The molecule has 1 aromatic carbocycles. The molecule has 116 valence electrons. The first-order chi connectivity index (χ1) is 10.5. The molecule has 1 aliphatic heterocycles. The number of nitrogens with zero attached hydrogens (tertiary/aromatic N) is 2. The van der Waals surface area contributed by atoms with Gasteiger partial charge >= 0.3 is 0 Å². The molecule has 0 radical (unpaired) electrons. The van der Waals surface area contributed by atoms with Crippen LogP contribution >= 0.6 is 0 Å². The molecule has 22 heavy (non-hydrogen) atoms. The smallest absolute Gasteiger partial charge is 0.272 e. The summed E-state index contributed by atoms with van der Waals surface area (Å²) in [6.45, 7) is 3.99. The summed E-state index contributed by atoms with van der Waals surface area (Å²) in [5.74, 6) is -2.88. The van der Waals surface area contributed by atoms with Crippen LogP contribution in [-0.4, -0.2) is 31.3 Å². The summed E-state index contributed by atoms with van der Waals surface area (Å²) in [6.07, 6.45) is 2.84. The van der Waals surface area contributed by atoms with E-state index < -0.39 is 5.92 Å². The molecule has 0 bridgehead atoms. The van der Waals surface area contributed by atoms with E-state index in [2.05, 4.69) is 9.88 Å². The molecular weight excluding hydrogens is 286 g/mol. The molecule has 2 heterocycles. The summed E-state index contributed by atoms with van der Waals surface area (Å²) in [5, 5.41) is 0. The van der Waals surface area contributed by atoms with Gasteiger partial charge in [0.05, 0.1) is 13.2 Å². The lowest BCUT2D eigenvalue weighted by Gasteiger charge is -2.29. The highest BCUT2D eigenvalue weighted by Crippen LogP contribution is 2.31. The molecule has 0 N–H and O–H groups in total. The van der Waals surface area contributed by atoms with Crippen molar-refractivity contribution in [3.05, 3.63) is 48.3 Å². The van der Waals surface area contributed by atoms with E-state index in [1.165, 1.54) is 12.3 Å².